The predicted molar refractivity (Wildman–Crippen MR) is 144 cm³/mol. The van der Waals surface area contributed by atoms with E-state index in [9.17, 15) is 29.4 Å². The normalized spacial score (nSPS) is 18.6. The molecule has 3 aromatic heterocycles. The lowest BCUT2D eigenvalue weighted by atomic mass is 10.1. The number of anilines is 1. The molecule has 0 aromatic carbocycles. The lowest BCUT2D eigenvalue weighted by Crippen LogP contribution is -2.70. The number of ether oxygens (including phenoxy) is 1. The number of nitrogen functional groups attached to an aromatic ring is 1. The molecular weight excluding hydrogens is 602 g/mol. The van der Waals surface area contributed by atoms with Gasteiger partial charge in [-0.25, -0.2) is 19.6 Å². The van der Waals surface area contributed by atoms with E-state index in [0.717, 1.165) is 11.3 Å². The number of carboxylic acid groups (broad SMARTS) is 2. The molecule has 1 fully saturated rings. The summed E-state index contributed by atoms with van der Waals surface area (Å²) in [6, 6.07) is 0.670. The molecule has 2 aliphatic rings. The van der Waals surface area contributed by atoms with Gasteiger partial charge >= 0.3 is 12.1 Å². The van der Waals surface area contributed by atoms with Crippen molar-refractivity contribution in [3.05, 3.63) is 40.1 Å². The molecule has 214 valence electrons. The van der Waals surface area contributed by atoms with Crippen molar-refractivity contribution in [3.8, 4) is 0 Å². The SMILES string of the molecule is CO/N=C(\C(=O)N[C@@H]1C(=O)N2C(OC(=O)O)=C(CSc3cc(C)nc4nc(C(=O)O)nn34)CS[C@H]12)c1csc(N)n1. The average Bonchev–Trinajstić information content (AvgIpc) is 3.55. The maximum absolute atomic E-state index is 13.1. The quantitative estimate of drug-likeness (QED) is 0.0640. The number of β-lactam (4-membered cyclic amide) rings is 1. The molecule has 0 bridgehead atoms. The summed E-state index contributed by atoms with van der Waals surface area (Å²) in [6.45, 7) is 1.71. The zero-order chi connectivity index (χ0) is 29.4. The maximum atomic E-state index is 13.1. The Balaban J connectivity index is 1.36. The van der Waals surface area contributed by atoms with E-state index >= 15 is 0 Å². The van der Waals surface area contributed by atoms with Crippen molar-refractivity contribution in [2.75, 3.05) is 24.3 Å². The molecule has 0 saturated carbocycles. The van der Waals surface area contributed by atoms with Crippen LogP contribution in [0.1, 0.15) is 22.0 Å². The van der Waals surface area contributed by atoms with Gasteiger partial charge in [0, 0.05) is 28.2 Å². The van der Waals surface area contributed by atoms with E-state index in [0.29, 0.717) is 16.3 Å². The van der Waals surface area contributed by atoms with Crippen LogP contribution in [0.5, 0.6) is 0 Å². The smallest absolute Gasteiger partial charge is 0.475 e. The van der Waals surface area contributed by atoms with Crippen LogP contribution in [0.3, 0.4) is 0 Å². The zero-order valence-corrected chi connectivity index (χ0v) is 23.4. The molecule has 0 spiro atoms. The first-order valence-electron chi connectivity index (χ1n) is 11.4. The number of hydrogen-bond acceptors (Lipinski definition) is 15. The van der Waals surface area contributed by atoms with Gasteiger partial charge in [0.2, 0.25) is 5.88 Å². The standard InChI is InChI=1S/C21H19N9O8S3/c1-7-3-10(30-20(23-7)26-13(27-30)18(33)34)39-4-8-5-40-17-12(15(32)29(17)16(8)38-21(35)36)25-14(31)11(28-37-2)9-6-41-19(22)24-9/h3,6,12,17H,4-5H2,1-2H3,(H2,22,24)(H,25,31)(H,33,34)(H,35,36)/b28-11-/t12-,17-/m1/s1. The van der Waals surface area contributed by atoms with E-state index in [2.05, 4.69) is 30.5 Å². The second-order valence-corrected chi connectivity index (χ2v) is 11.3. The maximum Gasteiger partial charge on any atom is 0.512 e. The number of thiazole rings is 1. The van der Waals surface area contributed by atoms with Crippen LogP contribution >= 0.6 is 34.9 Å². The van der Waals surface area contributed by atoms with Crippen molar-refractivity contribution in [1.82, 2.24) is 34.8 Å². The third kappa shape index (κ3) is 5.47. The molecule has 5 heterocycles. The molecule has 41 heavy (non-hydrogen) atoms. The number of aromatic nitrogens is 5. The molecule has 5 rings (SSSR count). The Bertz CT molecular complexity index is 1650. The topological polar surface area (TPSA) is 237 Å². The second kappa shape index (κ2) is 11.2. The van der Waals surface area contributed by atoms with Gasteiger partial charge < -0.3 is 30.8 Å². The third-order valence-electron chi connectivity index (χ3n) is 5.62. The van der Waals surface area contributed by atoms with Gasteiger partial charge in [-0.2, -0.15) is 9.50 Å². The number of aromatic carboxylic acids is 1. The van der Waals surface area contributed by atoms with Gasteiger partial charge in [-0.15, -0.1) is 40.0 Å². The van der Waals surface area contributed by atoms with Crippen LogP contribution in [0, 0.1) is 6.92 Å². The molecule has 0 radical (unpaired) electrons. The monoisotopic (exact) mass is 621 g/mol. The Hall–Kier alpha value is -4.43. The third-order valence-corrected chi connectivity index (χ3v) is 8.71. The fraction of sp³-hybridized carbons (Fsp3) is 0.286. The first-order valence-corrected chi connectivity index (χ1v) is 14.3. The Morgan fingerprint density at radius 3 is 2.73 bits per heavy atom. The molecule has 5 N–H and O–H groups in total. The zero-order valence-electron chi connectivity index (χ0n) is 21.0. The van der Waals surface area contributed by atoms with E-state index in [1.165, 1.54) is 45.4 Å². The minimum Gasteiger partial charge on any atom is -0.475 e. The van der Waals surface area contributed by atoms with Crippen LogP contribution in [0.4, 0.5) is 9.93 Å². The van der Waals surface area contributed by atoms with Crippen LogP contribution in [0.15, 0.2) is 33.1 Å². The summed E-state index contributed by atoms with van der Waals surface area (Å²) < 4.78 is 6.30. The van der Waals surface area contributed by atoms with Gasteiger partial charge in [0.1, 0.15) is 29.2 Å². The molecule has 1 saturated heterocycles. The van der Waals surface area contributed by atoms with E-state index < -0.39 is 41.2 Å². The molecule has 0 aliphatic carbocycles. The van der Waals surface area contributed by atoms with Crippen LogP contribution < -0.4 is 11.1 Å². The van der Waals surface area contributed by atoms with Gasteiger partial charge in [0.15, 0.2) is 10.8 Å². The first-order chi connectivity index (χ1) is 19.6. The Kier molecular flexibility index (Phi) is 7.69. The largest absolute Gasteiger partial charge is 0.512 e. The number of carbonyl (C=O) groups excluding carboxylic acids is 2. The number of hydrogen-bond donors (Lipinski definition) is 4. The van der Waals surface area contributed by atoms with Gasteiger partial charge in [0.05, 0.1) is 0 Å². The summed E-state index contributed by atoms with van der Waals surface area (Å²) in [6.07, 6.45) is -1.62. The number of thioether (sulfide) groups is 2. The van der Waals surface area contributed by atoms with Crippen LogP contribution in [0.2, 0.25) is 0 Å². The average molecular weight is 622 g/mol. The van der Waals surface area contributed by atoms with Crippen molar-refractivity contribution in [3.63, 3.8) is 0 Å². The fourth-order valence-electron chi connectivity index (χ4n) is 3.92. The van der Waals surface area contributed by atoms with Crippen molar-refractivity contribution in [1.29, 1.82) is 0 Å². The number of rotatable bonds is 9. The minimum absolute atomic E-state index is 0.0900. The first kappa shape index (κ1) is 28.1. The van der Waals surface area contributed by atoms with Gasteiger partial charge in [-0.3, -0.25) is 14.5 Å². The van der Waals surface area contributed by atoms with E-state index in [-0.39, 0.29) is 39.7 Å². The summed E-state index contributed by atoms with van der Waals surface area (Å²) in [7, 11) is 1.25. The number of carboxylic acids is 1. The van der Waals surface area contributed by atoms with Crippen molar-refractivity contribution < 1.29 is 39.0 Å². The highest BCUT2D eigenvalue weighted by Crippen LogP contribution is 2.42. The summed E-state index contributed by atoms with van der Waals surface area (Å²) in [4.78, 5) is 67.0. The molecule has 0 unspecified atom stereocenters. The number of oxime groups is 1. The predicted octanol–water partition coefficient (Wildman–Crippen LogP) is 0.619. The number of fused-ring (bicyclic) bond motifs is 2. The van der Waals surface area contributed by atoms with Crippen molar-refractivity contribution >= 4 is 75.4 Å². The van der Waals surface area contributed by atoms with E-state index in [1.807, 2.05) is 0 Å². The van der Waals surface area contributed by atoms with Crippen LogP contribution in [-0.2, 0) is 19.2 Å². The summed E-state index contributed by atoms with van der Waals surface area (Å²) >= 11 is 3.60. The lowest BCUT2D eigenvalue weighted by Gasteiger charge is -2.49. The molecule has 17 nitrogen and oxygen atoms in total. The molecule has 2 aliphatic heterocycles. The number of carbonyl (C=O) groups is 4. The summed E-state index contributed by atoms with van der Waals surface area (Å²) in [5, 5.41) is 30.5. The van der Waals surface area contributed by atoms with E-state index in [1.54, 1.807) is 13.0 Å². The van der Waals surface area contributed by atoms with Crippen LogP contribution in [0.25, 0.3) is 5.78 Å². The fourth-order valence-corrected chi connectivity index (χ4v) is 6.97. The second-order valence-electron chi connectivity index (χ2n) is 8.31. The lowest BCUT2D eigenvalue weighted by molar-refractivity contribution is -0.148. The van der Waals surface area contributed by atoms with Gasteiger partial charge in [-0.05, 0) is 13.0 Å². The van der Waals surface area contributed by atoms with Crippen molar-refractivity contribution in [2.45, 2.75) is 23.4 Å². The Morgan fingerprint density at radius 1 is 1.29 bits per heavy atom. The number of aryl methyl sites for hydroxylation is 1. The highest BCUT2D eigenvalue weighted by molar-refractivity contribution is 8.01. The number of nitrogens with zero attached hydrogens (tertiary/aromatic N) is 7. The Morgan fingerprint density at radius 2 is 2.07 bits per heavy atom. The Labute approximate surface area is 241 Å². The molecule has 2 amide bonds. The number of amides is 2. The van der Waals surface area contributed by atoms with Crippen molar-refractivity contribution in [2.24, 2.45) is 5.16 Å². The van der Waals surface area contributed by atoms with E-state index in [4.69, 9.17) is 15.3 Å². The summed E-state index contributed by atoms with van der Waals surface area (Å²) in [5.41, 5.74) is 6.69. The number of nitrogens with two attached hydrogens (primary N) is 1. The number of nitrogens with one attached hydrogen (secondary N) is 1. The molecule has 2 atom stereocenters. The molecule has 20 heteroatoms. The minimum atomic E-state index is -1.62. The highest BCUT2D eigenvalue weighted by Gasteiger charge is 2.54. The van der Waals surface area contributed by atoms with Gasteiger partial charge in [-0.1, -0.05) is 5.16 Å². The molecule has 3 aromatic rings. The highest BCUT2D eigenvalue weighted by atomic mass is 32.2. The van der Waals surface area contributed by atoms with Gasteiger partial charge in [0.25, 0.3) is 23.4 Å². The summed E-state index contributed by atoms with van der Waals surface area (Å²) in [5.74, 6) is -2.69. The van der Waals surface area contributed by atoms with Crippen LogP contribution in [-0.4, -0.2) is 99.4 Å². The molecular formula is C21H19N9O8S3.